The lowest BCUT2D eigenvalue weighted by Crippen LogP contribution is -3.13. The summed E-state index contributed by atoms with van der Waals surface area (Å²) in [6.45, 7) is 2.82. The summed E-state index contributed by atoms with van der Waals surface area (Å²) in [5.74, 6) is -0.715. The molecule has 0 bridgehead atoms. The third-order valence-corrected chi connectivity index (χ3v) is 4.32. The minimum absolute atomic E-state index is 0.355. The molecule has 2 aliphatic rings. The topological polar surface area (TPSA) is 41.8 Å². The van der Waals surface area contributed by atoms with Crippen LogP contribution in [0.1, 0.15) is 42.5 Å². The SMILES string of the molecule is O=C1C(=O)N(C[NH+]2CCCCCCC2)c2ccccc21. The van der Waals surface area contributed by atoms with E-state index in [0.717, 1.165) is 18.8 Å². The standard InChI is InChI=1S/C16H20N2O2/c19-15-13-8-4-5-9-14(13)18(16(15)20)12-17-10-6-2-1-3-7-11-17/h4-5,8-9H,1-3,6-7,10-12H2/p+1. The van der Waals surface area contributed by atoms with E-state index in [-0.39, 0.29) is 11.7 Å². The summed E-state index contributed by atoms with van der Waals surface area (Å²) in [5, 5.41) is 0. The molecule has 0 spiro atoms. The molecule has 1 amide bonds. The summed E-state index contributed by atoms with van der Waals surface area (Å²) >= 11 is 0. The smallest absolute Gasteiger partial charge is 0.303 e. The second kappa shape index (κ2) is 5.75. The predicted molar refractivity (Wildman–Crippen MR) is 76.9 cm³/mol. The van der Waals surface area contributed by atoms with Crippen molar-refractivity contribution in [2.24, 2.45) is 0 Å². The van der Waals surface area contributed by atoms with Gasteiger partial charge in [-0.2, -0.15) is 0 Å². The normalized spacial score (nSPS) is 20.7. The van der Waals surface area contributed by atoms with Crippen LogP contribution in [0.3, 0.4) is 0 Å². The van der Waals surface area contributed by atoms with Crippen molar-refractivity contribution >= 4 is 17.4 Å². The van der Waals surface area contributed by atoms with Crippen LogP contribution in [0.2, 0.25) is 0 Å². The molecular weight excluding hydrogens is 252 g/mol. The van der Waals surface area contributed by atoms with Crippen molar-refractivity contribution in [2.75, 3.05) is 24.7 Å². The van der Waals surface area contributed by atoms with E-state index in [1.165, 1.54) is 37.0 Å². The molecule has 0 unspecified atom stereocenters. The molecule has 4 heteroatoms. The highest BCUT2D eigenvalue weighted by Gasteiger charge is 2.37. The number of anilines is 1. The van der Waals surface area contributed by atoms with Crippen molar-refractivity contribution in [1.29, 1.82) is 0 Å². The van der Waals surface area contributed by atoms with Crippen LogP contribution < -0.4 is 9.80 Å². The number of hydrogen-bond donors (Lipinski definition) is 1. The van der Waals surface area contributed by atoms with E-state index >= 15 is 0 Å². The molecule has 20 heavy (non-hydrogen) atoms. The van der Waals surface area contributed by atoms with Gasteiger partial charge in [-0.3, -0.25) is 14.5 Å². The third kappa shape index (κ3) is 2.48. The van der Waals surface area contributed by atoms with Crippen LogP contribution in [0.25, 0.3) is 0 Å². The van der Waals surface area contributed by atoms with Crippen LogP contribution in [0.5, 0.6) is 0 Å². The quantitative estimate of drug-likeness (QED) is 0.818. The summed E-state index contributed by atoms with van der Waals surface area (Å²) in [7, 11) is 0. The summed E-state index contributed by atoms with van der Waals surface area (Å²) < 4.78 is 0. The van der Waals surface area contributed by atoms with Gasteiger partial charge in [-0.05, 0) is 37.8 Å². The van der Waals surface area contributed by atoms with Crippen LogP contribution in [0.4, 0.5) is 5.69 Å². The Kier molecular flexibility index (Phi) is 3.83. The number of carbonyl (C=O) groups excluding carboxylic acids is 2. The number of amides is 1. The van der Waals surface area contributed by atoms with Gasteiger partial charge in [-0.1, -0.05) is 18.6 Å². The average molecular weight is 273 g/mol. The number of nitrogens with zero attached hydrogens (tertiary/aromatic N) is 1. The first-order valence-electron chi connectivity index (χ1n) is 7.56. The number of likely N-dealkylation sites (tertiary alicyclic amines) is 1. The second-order valence-electron chi connectivity index (χ2n) is 5.76. The van der Waals surface area contributed by atoms with Crippen molar-refractivity contribution in [3.63, 3.8) is 0 Å². The Balaban J connectivity index is 1.76. The second-order valence-corrected chi connectivity index (χ2v) is 5.76. The zero-order valence-electron chi connectivity index (χ0n) is 11.7. The Morgan fingerprint density at radius 2 is 1.60 bits per heavy atom. The fourth-order valence-corrected chi connectivity index (χ4v) is 3.19. The van der Waals surface area contributed by atoms with Gasteiger partial charge >= 0.3 is 5.91 Å². The number of rotatable bonds is 2. The fourth-order valence-electron chi connectivity index (χ4n) is 3.19. The first kappa shape index (κ1) is 13.3. The molecule has 1 aromatic rings. The summed E-state index contributed by atoms with van der Waals surface area (Å²) in [6, 6.07) is 7.33. The van der Waals surface area contributed by atoms with Gasteiger partial charge in [-0.25, -0.2) is 0 Å². The van der Waals surface area contributed by atoms with Crippen molar-refractivity contribution in [1.82, 2.24) is 0 Å². The van der Waals surface area contributed by atoms with E-state index in [1.807, 2.05) is 18.2 Å². The molecule has 0 aromatic heterocycles. The first-order chi connectivity index (χ1) is 9.77. The van der Waals surface area contributed by atoms with Gasteiger partial charge in [0.2, 0.25) is 0 Å². The highest BCUT2D eigenvalue weighted by atomic mass is 16.2. The van der Waals surface area contributed by atoms with Crippen molar-refractivity contribution in [2.45, 2.75) is 32.1 Å². The highest BCUT2D eigenvalue weighted by Crippen LogP contribution is 2.27. The molecular formula is C16H21N2O2+. The zero-order chi connectivity index (χ0) is 13.9. The number of benzene rings is 1. The van der Waals surface area contributed by atoms with Gasteiger partial charge in [0.1, 0.15) is 0 Å². The molecule has 3 rings (SSSR count). The number of quaternary nitrogens is 1. The number of carbonyl (C=O) groups is 2. The number of Topliss-reactive ketones (excluding diaryl/α,β-unsaturated/α-hetero) is 1. The van der Waals surface area contributed by atoms with Gasteiger partial charge in [-0.15, -0.1) is 0 Å². The minimum atomic E-state index is -0.360. The molecule has 4 nitrogen and oxygen atoms in total. The molecule has 106 valence electrons. The van der Waals surface area contributed by atoms with Crippen LogP contribution in [-0.2, 0) is 4.79 Å². The molecule has 2 aliphatic heterocycles. The Labute approximate surface area is 119 Å². The van der Waals surface area contributed by atoms with Crippen LogP contribution in [0.15, 0.2) is 24.3 Å². The molecule has 2 heterocycles. The fraction of sp³-hybridized carbons (Fsp3) is 0.500. The number of hydrogen-bond acceptors (Lipinski definition) is 2. The Morgan fingerprint density at radius 1 is 0.950 bits per heavy atom. The van der Waals surface area contributed by atoms with Gasteiger partial charge < -0.3 is 4.90 Å². The molecule has 1 N–H and O–H groups in total. The third-order valence-electron chi connectivity index (χ3n) is 4.32. The Bertz CT molecular complexity index is 519. The largest absolute Gasteiger partial charge is 0.317 e. The summed E-state index contributed by atoms with van der Waals surface area (Å²) in [6.07, 6.45) is 6.33. The van der Waals surface area contributed by atoms with Gasteiger partial charge in [0.05, 0.1) is 24.3 Å². The summed E-state index contributed by atoms with van der Waals surface area (Å²) in [5.41, 5.74) is 1.35. The van der Waals surface area contributed by atoms with E-state index in [9.17, 15) is 9.59 Å². The van der Waals surface area contributed by atoms with Crippen LogP contribution in [-0.4, -0.2) is 31.4 Å². The van der Waals surface area contributed by atoms with Gasteiger partial charge in [0, 0.05) is 0 Å². The summed E-state index contributed by atoms with van der Waals surface area (Å²) in [4.78, 5) is 27.2. The number of para-hydroxylation sites is 1. The molecule has 0 saturated carbocycles. The molecule has 1 aromatic carbocycles. The monoisotopic (exact) mass is 273 g/mol. The molecule has 0 aliphatic carbocycles. The lowest BCUT2D eigenvalue weighted by atomic mass is 10.1. The van der Waals surface area contributed by atoms with Crippen LogP contribution >= 0.6 is 0 Å². The average Bonchev–Trinajstić information content (AvgIpc) is 2.67. The van der Waals surface area contributed by atoms with Gasteiger partial charge in [0.15, 0.2) is 6.67 Å². The van der Waals surface area contributed by atoms with E-state index in [4.69, 9.17) is 0 Å². The Morgan fingerprint density at radius 3 is 2.35 bits per heavy atom. The minimum Gasteiger partial charge on any atom is -0.317 e. The number of fused-ring (bicyclic) bond motifs is 1. The molecule has 1 fully saturated rings. The van der Waals surface area contributed by atoms with E-state index in [2.05, 4.69) is 0 Å². The van der Waals surface area contributed by atoms with E-state index in [0.29, 0.717) is 12.2 Å². The lowest BCUT2D eigenvalue weighted by molar-refractivity contribution is -0.899. The predicted octanol–water partition coefficient (Wildman–Crippen LogP) is 1.02. The van der Waals surface area contributed by atoms with Gasteiger partial charge in [0.25, 0.3) is 5.78 Å². The number of nitrogens with one attached hydrogen (secondary N) is 1. The lowest BCUT2D eigenvalue weighted by Gasteiger charge is -2.26. The maximum absolute atomic E-state index is 12.2. The van der Waals surface area contributed by atoms with Crippen molar-refractivity contribution in [3.05, 3.63) is 29.8 Å². The van der Waals surface area contributed by atoms with Crippen molar-refractivity contribution in [3.8, 4) is 0 Å². The zero-order valence-corrected chi connectivity index (χ0v) is 11.7. The number of ketones is 1. The van der Waals surface area contributed by atoms with Crippen molar-refractivity contribution < 1.29 is 14.5 Å². The Hall–Kier alpha value is -1.68. The highest BCUT2D eigenvalue weighted by molar-refractivity contribution is 6.52. The van der Waals surface area contributed by atoms with E-state index in [1.54, 1.807) is 11.0 Å². The molecule has 0 radical (unpaired) electrons. The molecule has 0 atom stereocenters. The van der Waals surface area contributed by atoms with E-state index < -0.39 is 0 Å². The molecule has 1 saturated heterocycles. The van der Waals surface area contributed by atoms with Crippen LogP contribution in [0, 0.1) is 0 Å². The maximum Gasteiger partial charge on any atom is 0.303 e. The first-order valence-corrected chi connectivity index (χ1v) is 7.56. The maximum atomic E-state index is 12.2.